The third-order valence-electron chi connectivity index (χ3n) is 4.44. The number of amides is 1. The average molecular weight is 416 g/mol. The van der Waals surface area contributed by atoms with Crippen molar-refractivity contribution >= 4 is 29.3 Å². The monoisotopic (exact) mass is 415 g/mol. The molecule has 1 aromatic heterocycles. The number of carbonyl (C=O) groups is 1. The molecule has 0 spiro atoms. The first kappa shape index (κ1) is 20.2. The zero-order chi connectivity index (χ0) is 19.6. The van der Waals surface area contributed by atoms with Crippen LogP contribution in [-0.2, 0) is 4.74 Å². The van der Waals surface area contributed by atoms with Crippen LogP contribution in [0.4, 0.5) is 0 Å². The van der Waals surface area contributed by atoms with Gasteiger partial charge in [0, 0.05) is 29.1 Å². The first-order chi connectivity index (χ1) is 13.0. The molecule has 2 unspecified atom stereocenters. The Morgan fingerprint density at radius 2 is 2.22 bits per heavy atom. The number of likely N-dealkylation sites (tertiary alicyclic amines) is 1. The highest BCUT2D eigenvalue weighted by atomic mass is 35.5. The van der Waals surface area contributed by atoms with Crippen LogP contribution in [0.15, 0.2) is 22.3 Å². The maximum atomic E-state index is 12.6. The summed E-state index contributed by atoms with van der Waals surface area (Å²) in [5.41, 5.74) is 7.85. The number of aliphatic hydroxyl groups excluding tert-OH is 3. The van der Waals surface area contributed by atoms with E-state index in [2.05, 4.69) is 15.0 Å². The Balaban J connectivity index is 1.87. The molecule has 0 bridgehead atoms. The summed E-state index contributed by atoms with van der Waals surface area (Å²) in [7, 11) is 0. The summed E-state index contributed by atoms with van der Waals surface area (Å²) in [6, 6.07) is 0.323. The van der Waals surface area contributed by atoms with Crippen LogP contribution in [0.25, 0.3) is 10.4 Å². The molecule has 2 aliphatic rings. The average Bonchev–Trinajstić information content (AvgIpc) is 2.59. The number of thioether (sulfide) groups is 1. The lowest BCUT2D eigenvalue weighted by atomic mass is 9.98. The number of ether oxygens (including phenoxy) is 1. The van der Waals surface area contributed by atoms with Gasteiger partial charge in [0.2, 0.25) is 0 Å². The molecule has 12 heteroatoms. The van der Waals surface area contributed by atoms with Crippen LogP contribution in [0.5, 0.6) is 0 Å². The number of aromatic nitrogens is 1. The van der Waals surface area contributed by atoms with E-state index in [0.29, 0.717) is 23.0 Å². The number of carbonyl (C=O) groups excluding carboxylic acids is 1. The topological polar surface area (TPSA) is 152 Å². The molecule has 3 rings (SSSR count). The molecule has 0 saturated carbocycles. The van der Waals surface area contributed by atoms with Gasteiger partial charge in [-0.25, -0.2) is 4.98 Å². The molecule has 1 amide bonds. The van der Waals surface area contributed by atoms with Crippen LogP contribution in [0.2, 0.25) is 5.02 Å². The van der Waals surface area contributed by atoms with Gasteiger partial charge < -0.3 is 25.0 Å². The zero-order valence-corrected chi connectivity index (χ0v) is 15.6. The third-order valence-corrected chi connectivity index (χ3v) is 5.84. The summed E-state index contributed by atoms with van der Waals surface area (Å²) < 4.78 is 5.55. The maximum absolute atomic E-state index is 12.6. The first-order valence-corrected chi connectivity index (χ1v) is 9.50. The highest BCUT2D eigenvalue weighted by Gasteiger charge is 2.44. The minimum absolute atomic E-state index is 0.173. The van der Waals surface area contributed by atoms with Gasteiger partial charge in [-0.05, 0) is 18.0 Å². The smallest absolute Gasteiger partial charge is 0.273 e. The number of aliphatic hydroxyl groups is 3. The highest BCUT2D eigenvalue weighted by Crippen LogP contribution is 2.37. The van der Waals surface area contributed by atoms with Gasteiger partial charge in [-0.2, -0.15) is 0 Å². The fourth-order valence-corrected chi connectivity index (χ4v) is 4.24. The molecular formula is C15H18ClN5O5S. The minimum Gasteiger partial charge on any atom is -0.394 e. The Morgan fingerprint density at radius 1 is 1.48 bits per heavy atom. The van der Waals surface area contributed by atoms with Crippen LogP contribution in [0.3, 0.4) is 0 Å². The number of pyridine rings is 1. The second-order valence-electron chi connectivity index (χ2n) is 6.17. The zero-order valence-electron chi connectivity index (χ0n) is 14.1. The fourth-order valence-electron chi connectivity index (χ4n) is 2.83. The van der Waals surface area contributed by atoms with Crippen molar-refractivity contribution in [1.82, 2.24) is 9.88 Å². The summed E-state index contributed by atoms with van der Waals surface area (Å²) in [5, 5.41) is 33.7. The van der Waals surface area contributed by atoms with E-state index in [1.54, 1.807) is 4.90 Å². The molecule has 2 saturated heterocycles. The molecule has 3 N–H and O–H groups in total. The van der Waals surface area contributed by atoms with Gasteiger partial charge in [0.25, 0.3) is 5.91 Å². The standard InChI is InChI=1S/C15H18ClN5O5S/c16-7-4-9(10(18-5-7)14(25)21-2-1-3-21)27-15-13(24)11(19-20-17)12(23)8(6-22)26-15/h4-5,8,11-13,15,22-24H,1-3,6H2/t8?,11-,12-,13?,15+/m0/s1. The van der Waals surface area contributed by atoms with E-state index >= 15 is 0 Å². The summed E-state index contributed by atoms with van der Waals surface area (Å²) in [6.45, 7) is 0.761. The normalized spacial score (nSPS) is 30.4. The van der Waals surface area contributed by atoms with Crippen LogP contribution in [0, 0.1) is 0 Å². The van der Waals surface area contributed by atoms with E-state index in [4.69, 9.17) is 21.9 Å². The lowest BCUT2D eigenvalue weighted by Gasteiger charge is -2.40. The predicted octanol–water partition coefficient (Wildman–Crippen LogP) is 0.791. The van der Waals surface area contributed by atoms with Crippen molar-refractivity contribution in [2.45, 2.75) is 41.1 Å². The van der Waals surface area contributed by atoms with Crippen molar-refractivity contribution in [3.8, 4) is 0 Å². The van der Waals surface area contributed by atoms with E-state index < -0.39 is 36.4 Å². The van der Waals surface area contributed by atoms with Gasteiger partial charge in [-0.1, -0.05) is 28.5 Å². The van der Waals surface area contributed by atoms with Crippen LogP contribution in [0.1, 0.15) is 16.9 Å². The Morgan fingerprint density at radius 3 is 2.81 bits per heavy atom. The summed E-state index contributed by atoms with van der Waals surface area (Å²) in [6.07, 6.45) is -1.49. The molecule has 1 aromatic rings. The molecule has 0 aliphatic carbocycles. The quantitative estimate of drug-likeness (QED) is 0.365. The second-order valence-corrected chi connectivity index (χ2v) is 7.74. The van der Waals surface area contributed by atoms with E-state index in [0.717, 1.165) is 18.2 Å². The van der Waals surface area contributed by atoms with Crippen LogP contribution < -0.4 is 0 Å². The van der Waals surface area contributed by atoms with E-state index in [9.17, 15) is 20.1 Å². The van der Waals surface area contributed by atoms with Gasteiger partial charge in [-0.3, -0.25) is 4.79 Å². The number of nitrogens with zero attached hydrogens (tertiary/aromatic N) is 5. The van der Waals surface area contributed by atoms with Crippen molar-refractivity contribution < 1.29 is 24.9 Å². The maximum Gasteiger partial charge on any atom is 0.273 e. The minimum atomic E-state index is -1.37. The third kappa shape index (κ3) is 4.14. The second kappa shape index (κ2) is 8.61. The van der Waals surface area contributed by atoms with Gasteiger partial charge in [0.1, 0.15) is 23.3 Å². The molecular weight excluding hydrogens is 398 g/mol. The molecule has 0 aromatic carbocycles. The fraction of sp³-hybridized carbons (Fsp3) is 0.600. The molecule has 2 aliphatic heterocycles. The van der Waals surface area contributed by atoms with Crippen LogP contribution >= 0.6 is 23.4 Å². The molecule has 3 heterocycles. The summed E-state index contributed by atoms with van der Waals surface area (Å²) in [5.74, 6) is -0.254. The molecule has 5 atom stereocenters. The summed E-state index contributed by atoms with van der Waals surface area (Å²) in [4.78, 5) is 21.4. The van der Waals surface area contributed by atoms with Crippen molar-refractivity contribution in [3.05, 3.63) is 33.4 Å². The first-order valence-electron chi connectivity index (χ1n) is 8.24. The molecule has 146 valence electrons. The van der Waals surface area contributed by atoms with Gasteiger partial charge >= 0.3 is 0 Å². The number of hydrogen-bond donors (Lipinski definition) is 3. The Labute approximate surface area is 163 Å². The molecule has 10 nitrogen and oxygen atoms in total. The van der Waals surface area contributed by atoms with Gasteiger partial charge in [0.05, 0.1) is 23.8 Å². The lowest BCUT2D eigenvalue weighted by Crippen LogP contribution is -2.56. The highest BCUT2D eigenvalue weighted by molar-refractivity contribution is 8.00. The van der Waals surface area contributed by atoms with Crippen molar-refractivity contribution in [2.24, 2.45) is 5.11 Å². The number of rotatable bonds is 5. The van der Waals surface area contributed by atoms with E-state index in [-0.39, 0.29) is 11.6 Å². The van der Waals surface area contributed by atoms with Crippen molar-refractivity contribution in [1.29, 1.82) is 0 Å². The molecule has 27 heavy (non-hydrogen) atoms. The summed E-state index contributed by atoms with van der Waals surface area (Å²) >= 11 is 6.98. The molecule has 2 fully saturated rings. The van der Waals surface area contributed by atoms with Gasteiger partial charge in [0.15, 0.2) is 0 Å². The largest absolute Gasteiger partial charge is 0.394 e. The number of hydrogen-bond acceptors (Lipinski definition) is 8. The van der Waals surface area contributed by atoms with E-state index in [1.165, 1.54) is 12.3 Å². The SMILES string of the molecule is [N-]=[N+]=N[C@@H]1C(O)[C@@H](Sc2cc(Cl)cnc2C(=O)N2CCC2)OC(CO)[C@@H]1O. The predicted molar refractivity (Wildman–Crippen MR) is 96.3 cm³/mol. The van der Waals surface area contributed by atoms with Gasteiger partial charge in [-0.15, -0.1) is 0 Å². The number of halogens is 1. The van der Waals surface area contributed by atoms with Crippen molar-refractivity contribution in [2.75, 3.05) is 19.7 Å². The lowest BCUT2D eigenvalue weighted by molar-refractivity contribution is -0.159. The van der Waals surface area contributed by atoms with Crippen molar-refractivity contribution in [3.63, 3.8) is 0 Å². The van der Waals surface area contributed by atoms with Crippen LogP contribution in [-0.4, -0.2) is 80.6 Å². The Bertz CT molecular complexity index is 760. The molecule has 0 radical (unpaired) electrons. The Kier molecular flexibility index (Phi) is 6.43. The number of azide groups is 1. The van der Waals surface area contributed by atoms with E-state index in [1.807, 2.05) is 0 Å². The Hall–Kier alpha value is -1.59.